The van der Waals surface area contributed by atoms with Crippen LogP contribution in [0.5, 0.6) is 0 Å². The van der Waals surface area contributed by atoms with Gasteiger partial charge in [-0.05, 0) is 50.2 Å². The number of carbonyl (C=O) groups is 2. The maximum atomic E-state index is 12.9. The molecule has 2 aromatic rings. The number of hydrogen-bond acceptors (Lipinski definition) is 3. The Morgan fingerprint density at radius 2 is 1.93 bits per heavy atom. The highest BCUT2D eigenvalue weighted by Crippen LogP contribution is 2.28. The minimum atomic E-state index is -0.421. The van der Waals surface area contributed by atoms with E-state index in [-0.39, 0.29) is 18.4 Å². The van der Waals surface area contributed by atoms with E-state index in [1.165, 1.54) is 5.56 Å². The van der Waals surface area contributed by atoms with Crippen LogP contribution in [-0.2, 0) is 16.0 Å². The molecule has 0 saturated carbocycles. The van der Waals surface area contributed by atoms with Gasteiger partial charge in [-0.1, -0.05) is 41.4 Å². The molecule has 0 radical (unpaired) electrons. The van der Waals surface area contributed by atoms with Crippen LogP contribution >= 0.6 is 23.2 Å². The van der Waals surface area contributed by atoms with Gasteiger partial charge in [0.15, 0.2) is 0 Å². The Hall–Kier alpha value is -2.08. The summed E-state index contributed by atoms with van der Waals surface area (Å²) in [6.07, 6.45) is 0.857. The third-order valence-electron chi connectivity index (χ3n) is 4.77. The van der Waals surface area contributed by atoms with E-state index in [1.54, 1.807) is 35.0 Å². The summed E-state index contributed by atoms with van der Waals surface area (Å²) in [5, 5.41) is 3.57. The molecule has 2 amide bonds. The van der Waals surface area contributed by atoms with Crippen molar-refractivity contribution in [2.45, 2.75) is 19.4 Å². The van der Waals surface area contributed by atoms with Gasteiger partial charge in [-0.15, -0.1) is 0 Å². The third kappa shape index (κ3) is 4.43. The maximum absolute atomic E-state index is 12.9. The molecule has 1 N–H and O–H groups in total. The Labute approximate surface area is 168 Å². The topological polar surface area (TPSA) is 52.7 Å². The molecule has 3 rings (SSSR count). The summed E-state index contributed by atoms with van der Waals surface area (Å²) in [5.74, 6) is -0.234. The van der Waals surface area contributed by atoms with Crippen LogP contribution in [0.25, 0.3) is 0 Å². The predicted octanol–water partition coefficient (Wildman–Crippen LogP) is 3.84. The van der Waals surface area contributed by atoms with Gasteiger partial charge < -0.3 is 10.2 Å². The average Bonchev–Trinajstić information content (AvgIpc) is 3.07. The van der Waals surface area contributed by atoms with Gasteiger partial charge in [-0.2, -0.15) is 0 Å². The van der Waals surface area contributed by atoms with Gasteiger partial charge in [0.25, 0.3) is 0 Å². The molecule has 5 nitrogen and oxygen atoms in total. The second kappa shape index (κ2) is 8.30. The van der Waals surface area contributed by atoms with Crippen LogP contribution in [0, 0.1) is 0 Å². The van der Waals surface area contributed by atoms with Crippen molar-refractivity contribution in [1.29, 1.82) is 0 Å². The fourth-order valence-corrected chi connectivity index (χ4v) is 3.42. The van der Waals surface area contributed by atoms with Crippen molar-refractivity contribution in [1.82, 2.24) is 4.90 Å². The van der Waals surface area contributed by atoms with Crippen LogP contribution in [-0.4, -0.2) is 42.9 Å². The van der Waals surface area contributed by atoms with E-state index in [1.807, 2.05) is 31.2 Å². The van der Waals surface area contributed by atoms with E-state index in [4.69, 9.17) is 23.2 Å². The first-order valence-electron chi connectivity index (χ1n) is 8.71. The Balaban J connectivity index is 1.60. The van der Waals surface area contributed by atoms with Crippen LogP contribution in [0.2, 0.25) is 10.0 Å². The number of likely N-dealkylation sites (N-methyl/N-ethyl adjacent to an activating group) is 1. The van der Waals surface area contributed by atoms with Crippen molar-refractivity contribution in [3.8, 4) is 0 Å². The average molecular weight is 406 g/mol. The number of para-hydroxylation sites is 1. The van der Waals surface area contributed by atoms with Gasteiger partial charge in [0.1, 0.15) is 0 Å². The first kappa shape index (κ1) is 19.7. The molecule has 142 valence electrons. The quantitative estimate of drug-likeness (QED) is 0.821. The Kier molecular flexibility index (Phi) is 6.05. The highest BCUT2D eigenvalue weighted by molar-refractivity contribution is 6.42. The van der Waals surface area contributed by atoms with E-state index in [0.29, 0.717) is 22.3 Å². The minimum absolute atomic E-state index is 0.00946. The van der Waals surface area contributed by atoms with Crippen LogP contribution in [0.3, 0.4) is 0 Å². The lowest BCUT2D eigenvalue weighted by Crippen LogP contribution is -2.47. The number of anilines is 2. The van der Waals surface area contributed by atoms with Crippen molar-refractivity contribution in [3.05, 3.63) is 58.1 Å². The molecule has 0 aliphatic carbocycles. The number of hydrogen-bond donors (Lipinski definition) is 1. The molecule has 0 unspecified atom stereocenters. The van der Waals surface area contributed by atoms with Crippen LogP contribution in [0.4, 0.5) is 11.4 Å². The summed E-state index contributed by atoms with van der Waals surface area (Å²) < 4.78 is 0. The summed E-state index contributed by atoms with van der Waals surface area (Å²) in [4.78, 5) is 28.7. The first-order valence-corrected chi connectivity index (χ1v) is 9.47. The zero-order valence-corrected chi connectivity index (χ0v) is 16.7. The molecule has 2 aromatic carbocycles. The highest BCUT2D eigenvalue weighted by Gasteiger charge is 2.30. The molecular formula is C20H21Cl2N3O2. The normalized spacial score (nSPS) is 14.2. The van der Waals surface area contributed by atoms with Crippen molar-refractivity contribution < 1.29 is 9.59 Å². The van der Waals surface area contributed by atoms with E-state index < -0.39 is 6.04 Å². The van der Waals surface area contributed by atoms with E-state index in [9.17, 15) is 9.59 Å². The lowest BCUT2D eigenvalue weighted by atomic mass is 10.2. The molecule has 1 heterocycles. The number of halogens is 2. The summed E-state index contributed by atoms with van der Waals surface area (Å²) in [5.41, 5.74) is 2.70. The Morgan fingerprint density at radius 3 is 2.67 bits per heavy atom. The lowest BCUT2D eigenvalue weighted by molar-refractivity contribution is -0.124. The van der Waals surface area contributed by atoms with Gasteiger partial charge in [0.05, 0.1) is 22.6 Å². The fourth-order valence-electron chi connectivity index (χ4n) is 3.12. The third-order valence-corrected chi connectivity index (χ3v) is 5.51. The molecule has 1 aliphatic rings. The van der Waals surface area contributed by atoms with Gasteiger partial charge in [-0.3, -0.25) is 14.5 Å². The lowest BCUT2D eigenvalue weighted by Gasteiger charge is -2.28. The molecular weight excluding hydrogens is 385 g/mol. The van der Waals surface area contributed by atoms with Gasteiger partial charge in [0, 0.05) is 17.9 Å². The maximum Gasteiger partial charge on any atom is 0.244 e. The molecule has 27 heavy (non-hydrogen) atoms. The van der Waals surface area contributed by atoms with Crippen LogP contribution in [0.15, 0.2) is 42.5 Å². The second-order valence-corrected chi connectivity index (χ2v) is 7.45. The molecule has 0 saturated heterocycles. The molecule has 0 aromatic heterocycles. The van der Waals surface area contributed by atoms with Crippen molar-refractivity contribution in [2.24, 2.45) is 0 Å². The predicted molar refractivity (Wildman–Crippen MR) is 110 cm³/mol. The first-order chi connectivity index (χ1) is 12.9. The molecule has 0 fully saturated rings. The largest absolute Gasteiger partial charge is 0.325 e. The number of nitrogens with zero attached hydrogens (tertiary/aromatic N) is 2. The molecule has 1 atom stereocenters. The van der Waals surface area contributed by atoms with Crippen molar-refractivity contribution in [3.63, 3.8) is 0 Å². The Morgan fingerprint density at radius 1 is 1.19 bits per heavy atom. The molecule has 1 aliphatic heterocycles. The van der Waals surface area contributed by atoms with Crippen LogP contribution < -0.4 is 10.2 Å². The molecule has 7 heteroatoms. The number of nitrogens with one attached hydrogen (secondary N) is 1. The summed E-state index contributed by atoms with van der Waals surface area (Å²) >= 11 is 11.8. The fraction of sp³-hybridized carbons (Fsp3) is 0.300. The monoisotopic (exact) mass is 405 g/mol. The minimum Gasteiger partial charge on any atom is -0.325 e. The van der Waals surface area contributed by atoms with E-state index >= 15 is 0 Å². The molecule has 0 bridgehead atoms. The smallest absolute Gasteiger partial charge is 0.244 e. The number of carbonyl (C=O) groups excluding carboxylic acids is 2. The summed E-state index contributed by atoms with van der Waals surface area (Å²) in [6.45, 7) is 2.57. The zero-order chi connectivity index (χ0) is 19.6. The number of amides is 2. The van der Waals surface area contributed by atoms with Crippen molar-refractivity contribution in [2.75, 3.05) is 30.4 Å². The van der Waals surface area contributed by atoms with Gasteiger partial charge in [0.2, 0.25) is 11.8 Å². The number of rotatable bonds is 5. The summed E-state index contributed by atoms with van der Waals surface area (Å²) in [7, 11) is 1.76. The second-order valence-electron chi connectivity index (χ2n) is 6.64. The SMILES string of the molecule is C[C@H](C(=O)N1CCc2ccccc21)N(C)CC(=O)Nc1ccc(Cl)c(Cl)c1. The number of fused-ring (bicyclic) bond motifs is 1. The molecule has 0 spiro atoms. The standard InChI is InChI=1S/C20H21Cl2N3O2/c1-13(20(27)25-10-9-14-5-3-4-6-18(14)25)24(2)12-19(26)23-15-7-8-16(21)17(22)11-15/h3-8,11,13H,9-10,12H2,1-2H3,(H,23,26)/t13-/m1/s1. The van der Waals surface area contributed by atoms with E-state index in [2.05, 4.69) is 5.32 Å². The number of benzene rings is 2. The zero-order valence-electron chi connectivity index (χ0n) is 15.2. The van der Waals surface area contributed by atoms with Crippen LogP contribution in [0.1, 0.15) is 12.5 Å². The van der Waals surface area contributed by atoms with E-state index in [0.717, 1.165) is 12.1 Å². The Bertz CT molecular complexity index is 872. The van der Waals surface area contributed by atoms with Gasteiger partial charge in [-0.25, -0.2) is 0 Å². The highest BCUT2D eigenvalue weighted by atomic mass is 35.5. The summed E-state index contributed by atoms with van der Waals surface area (Å²) in [6, 6.07) is 12.4. The van der Waals surface area contributed by atoms with Crippen molar-refractivity contribution >= 4 is 46.4 Å². The van der Waals surface area contributed by atoms with Gasteiger partial charge >= 0.3 is 0 Å².